The lowest BCUT2D eigenvalue weighted by molar-refractivity contribution is 0.103. The van der Waals surface area contributed by atoms with Crippen LogP contribution in [0.2, 0.25) is 0 Å². The topological polar surface area (TPSA) is 72.8 Å². The van der Waals surface area contributed by atoms with Crippen LogP contribution in [0.15, 0.2) is 60.9 Å². The molecule has 0 saturated carbocycles. The molecule has 0 bridgehead atoms. The first kappa shape index (κ1) is 19.0. The minimum absolute atomic E-state index is 0.0640. The van der Waals surface area contributed by atoms with Gasteiger partial charge in [0.15, 0.2) is 11.6 Å². The van der Waals surface area contributed by atoms with Gasteiger partial charge in [0, 0.05) is 42.0 Å². The van der Waals surface area contributed by atoms with Crippen LogP contribution in [0.3, 0.4) is 0 Å². The molecule has 152 valence electrons. The van der Waals surface area contributed by atoms with Crippen molar-refractivity contribution in [3.63, 3.8) is 0 Å². The van der Waals surface area contributed by atoms with Crippen LogP contribution in [-0.2, 0) is 0 Å². The zero-order valence-electron chi connectivity index (χ0n) is 16.7. The molecule has 1 aliphatic heterocycles. The van der Waals surface area contributed by atoms with Crippen molar-refractivity contribution in [3.8, 4) is 17.2 Å². The van der Waals surface area contributed by atoms with Crippen LogP contribution in [0.25, 0.3) is 22.2 Å². The van der Waals surface area contributed by atoms with E-state index in [4.69, 9.17) is 5.26 Å². The highest BCUT2D eigenvalue weighted by Crippen LogP contribution is 2.30. The smallest absolute Gasteiger partial charge is 0.198 e. The summed E-state index contributed by atoms with van der Waals surface area (Å²) in [6.07, 6.45) is 5.36. The molecule has 0 radical (unpaired) electrons. The third-order valence-electron chi connectivity index (χ3n) is 5.79. The Hall–Kier alpha value is -3.98. The number of pyridine rings is 1. The van der Waals surface area contributed by atoms with E-state index in [9.17, 15) is 4.79 Å². The number of rotatable bonds is 4. The van der Waals surface area contributed by atoms with Crippen LogP contribution < -0.4 is 4.90 Å². The molecule has 6 heteroatoms. The number of nitrogens with zero attached hydrogens (tertiary/aromatic N) is 3. The van der Waals surface area contributed by atoms with Gasteiger partial charge in [-0.1, -0.05) is 18.2 Å². The van der Waals surface area contributed by atoms with Gasteiger partial charge in [0.25, 0.3) is 0 Å². The molecule has 0 aliphatic carbocycles. The summed E-state index contributed by atoms with van der Waals surface area (Å²) in [5.74, 6) is -0.844. The van der Waals surface area contributed by atoms with E-state index in [1.807, 2.05) is 23.1 Å². The van der Waals surface area contributed by atoms with Gasteiger partial charge >= 0.3 is 0 Å². The summed E-state index contributed by atoms with van der Waals surface area (Å²) in [7, 11) is 0. The fraction of sp³-hybridized carbons (Fsp3) is 0.160. The third kappa shape index (κ3) is 3.34. The summed E-state index contributed by atoms with van der Waals surface area (Å²) >= 11 is 0. The predicted molar refractivity (Wildman–Crippen MR) is 118 cm³/mol. The molecule has 0 unspecified atom stereocenters. The summed E-state index contributed by atoms with van der Waals surface area (Å²) in [4.78, 5) is 22.7. The van der Waals surface area contributed by atoms with E-state index in [-0.39, 0.29) is 11.3 Å². The first-order valence-corrected chi connectivity index (χ1v) is 10.2. The Morgan fingerprint density at radius 2 is 1.84 bits per heavy atom. The van der Waals surface area contributed by atoms with Crippen molar-refractivity contribution in [2.45, 2.75) is 12.8 Å². The van der Waals surface area contributed by atoms with Gasteiger partial charge in [0.2, 0.25) is 0 Å². The van der Waals surface area contributed by atoms with Crippen LogP contribution >= 0.6 is 0 Å². The number of H-pyrrole nitrogens is 1. The second-order valence-corrected chi connectivity index (χ2v) is 7.67. The van der Waals surface area contributed by atoms with Gasteiger partial charge < -0.3 is 9.88 Å². The number of carbonyl (C=O) groups is 1. The van der Waals surface area contributed by atoms with Crippen molar-refractivity contribution >= 4 is 22.5 Å². The van der Waals surface area contributed by atoms with Gasteiger partial charge in [0.05, 0.1) is 22.9 Å². The van der Waals surface area contributed by atoms with Crippen molar-refractivity contribution in [3.05, 3.63) is 83.4 Å². The molecule has 0 atom stereocenters. The van der Waals surface area contributed by atoms with E-state index in [1.54, 1.807) is 36.7 Å². The van der Waals surface area contributed by atoms with E-state index in [0.29, 0.717) is 27.8 Å². The second-order valence-electron chi connectivity index (χ2n) is 7.67. The van der Waals surface area contributed by atoms with Crippen molar-refractivity contribution in [2.75, 3.05) is 18.0 Å². The fourth-order valence-electron chi connectivity index (χ4n) is 4.13. The Bertz CT molecular complexity index is 1330. The molecule has 31 heavy (non-hydrogen) atoms. The van der Waals surface area contributed by atoms with Gasteiger partial charge in [-0.2, -0.15) is 5.26 Å². The lowest BCUT2D eigenvalue weighted by Gasteiger charge is -2.19. The van der Waals surface area contributed by atoms with Crippen LogP contribution in [0.1, 0.15) is 34.3 Å². The zero-order chi connectivity index (χ0) is 21.4. The number of ketones is 1. The van der Waals surface area contributed by atoms with Crippen molar-refractivity contribution in [1.82, 2.24) is 9.97 Å². The number of aromatic amines is 1. The Balaban J connectivity index is 1.55. The molecule has 0 amide bonds. The monoisotopic (exact) mass is 410 g/mol. The Labute approximate surface area is 178 Å². The average molecular weight is 410 g/mol. The fourth-order valence-corrected chi connectivity index (χ4v) is 4.13. The van der Waals surface area contributed by atoms with Gasteiger partial charge in [-0.25, -0.2) is 9.37 Å². The molecule has 3 heterocycles. The van der Waals surface area contributed by atoms with Crippen molar-refractivity contribution in [2.24, 2.45) is 0 Å². The number of hydrogen-bond donors (Lipinski definition) is 1. The number of nitriles is 1. The molecule has 5 rings (SSSR count). The molecule has 1 aliphatic rings. The first-order valence-electron chi connectivity index (χ1n) is 10.2. The summed E-state index contributed by atoms with van der Waals surface area (Å²) in [5, 5.41) is 9.63. The number of carbonyl (C=O) groups excluding carboxylic acids is 1. The van der Waals surface area contributed by atoms with Crippen molar-refractivity contribution < 1.29 is 9.18 Å². The standard InChI is InChI=1S/C25H19FN4O/c26-23-19(4-3-5-22(23)30-10-1-2-11-30)24(31)21-15-29-25-20(21)12-18(14-28-25)17-8-6-16(13-27)7-9-17/h3-9,12,14-15H,1-2,10-11H2,(H,28,29). The normalized spacial score (nSPS) is 13.5. The Kier molecular flexibility index (Phi) is 4.72. The van der Waals surface area contributed by atoms with Crippen LogP contribution in [0, 0.1) is 17.1 Å². The molecule has 1 saturated heterocycles. The van der Waals surface area contributed by atoms with Crippen molar-refractivity contribution in [1.29, 1.82) is 5.26 Å². The molecule has 1 fully saturated rings. The van der Waals surface area contributed by atoms with Gasteiger partial charge in [-0.3, -0.25) is 4.79 Å². The van der Waals surface area contributed by atoms with Crippen LogP contribution in [0.5, 0.6) is 0 Å². The van der Waals surface area contributed by atoms with E-state index in [2.05, 4.69) is 16.0 Å². The number of halogens is 1. The number of fused-ring (bicyclic) bond motifs is 1. The maximum Gasteiger partial charge on any atom is 0.198 e. The maximum absolute atomic E-state index is 15.3. The van der Waals surface area contributed by atoms with Gasteiger partial charge in [-0.05, 0) is 48.7 Å². The molecule has 5 nitrogen and oxygen atoms in total. The van der Waals surface area contributed by atoms with Crippen LogP contribution in [-0.4, -0.2) is 28.8 Å². The lowest BCUT2D eigenvalue weighted by atomic mass is 9.99. The molecular formula is C25H19FN4O. The van der Waals surface area contributed by atoms with E-state index < -0.39 is 5.82 Å². The number of benzene rings is 2. The minimum Gasteiger partial charge on any atom is -0.369 e. The maximum atomic E-state index is 15.3. The van der Waals surface area contributed by atoms with E-state index in [1.165, 1.54) is 6.07 Å². The number of aromatic nitrogens is 2. The average Bonchev–Trinajstić information content (AvgIpc) is 3.49. The number of hydrogen-bond acceptors (Lipinski definition) is 4. The van der Waals surface area contributed by atoms with Gasteiger partial charge in [-0.15, -0.1) is 0 Å². The first-order chi connectivity index (χ1) is 15.2. The quantitative estimate of drug-likeness (QED) is 0.477. The predicted octanol–water partition coefficient (Wildman–Crippen LogP) is 5.07. The molecule has 0 spiro atoms. The highest BCUT2D eigenvalue weighted by atomic mass is 19.1. The lowest BCUT2D eigenvalue weighted by Crippen LogP contribution is -2.20. The Morgan fingerprint density at radius 3 is 2.58 bits per heavy atom. The summed E-state index contributed by atoms with van der Waals surface area (Å²) < 4.78 is 15.3. The van der Waals surface area contributed by atoms with Crippen LogP contribution in [0.4, 0.5) is 10.1 Å². The molecule has 4 aromatic rings. The van der Waals surface area contributed by atoms with E-state index >= 15 is 4.39 Å². The molecule has 1 N–H and O–H groups in total. The highest BCUT2D eigenvalue weighted by Gasteiger charge is 2.23. The van der Waals surface area contributed by atoms with E-state index in [0.717, 1.165) is 37.1 Å². The minimum atomic E-state index is -0.472. The second kappa shape index (κ2) is 7.69. The summed E-state index contributed by atoms with van der Waals surface area (Å²) in [5.41, 5.74) is 3.77. The number of nitrogens with one attached hydrogen (secondary N) is 1. The van der Waals surface area contributed by atoms with Gasteiger partial charge in [0.1, 0.15) is 5.65 Å². The molecule has 2 aromatic carbocycles. The molecular weight excluding hydrogens is 391 g/mol. The largest absolute Gasteiger partial charge is 0.369 e. The SMILES string of the molecule is N#Cc1ccc(-c2cnc3[nH]cc(C(=O)c4cccc(N5CCCC5)c4F)c3c2)cc1. The number of anilines is 1. The highest BCUT2D eigenvalue weighted by molar-refractivity contribution is 6.16. The summed E-state index contributed by atoms with van der Waals surface area (Å²) in [6, 6.07) is 16.1. The zero-order valence-corrected chi connectivity index (χ0v) is 16.7. The summed E-state index contributed by atoms with van der Waals surface area (Å²) in [6.45, 7) is 1.61. The third-order valence-corrected chi connectivity index (χ3v) is 5.79. The Morgan fingerprint density at radius 1 is 1.06 bits per heavy atom. The molecule has 2 aromatic heterocycles.